The predicted molar refractivity (Wildman–Crippen MR) is 80.2 cm³/mol. The number of sulfonamides is 1. The average Bonchev–Trinajstić information content (AvgIpc) is 3.19. The van der Waals surface area contributed by atoms with Crippen molar-refractivity contribution in [2.24, 2.45) is 5.92 Å². The summed E-state index contributed by atoms with van der Waals surface area (Å²) >= 11 is 0.971. The normalized spacial score (nSPS) is 24.7. The Morgan fingerprint density at radius 2 is 1.95 bits per heavy atom. The van der Waals surface area contributed by atoms with E-state index in [1.807, 2.05) is 0 Å². The van der Waals surface area contributed by atoms with Gasteiger partial charge in [-0.15, -0.1) is 11.3 Å². The van der Waals surface area contributed by atoms with E-state index in [4.69, 9.17) is 5.11 Å². The van der Waals surface area contributed by atoms with Crippen LogP contribution in [0.4, 0.5) is 0 Å². The number of rotatable bonds is 4. The van der Waals surface area contributed by atoms with Crippen molar-refractivity contribution in [3.63, 3.8) is 0 Å². The molecule has 5 nitrogen and oxygen atoms in total. The quantitative estimate of drug-likeness (QED) is 0.921. The zero-order valence-electron chi connectivity index (χ0n) is 11.7. The fraction of sp³-hybridized carbons (Fsp3) is 0.643. The number of aromatic carboxylic acids is 1. The van der Waals surface area contributed by atoms with Gasteiger partial charge in [-0.05, 0) is 37.7 Å². The van der Waals surface area contributed by atoms with Crippen LogP contribution in [0.5, 0.6) is 0 Å². The van der Waals surface area contributed by atoms with Crippen molar-refractivity contribution in [2.45, 2.75) is 49.5 Å². The first-order valence-corrected chi connectivity index (χ1v) is 9.66. The van der Waals surface area contributed by atoms with E-state index in [0.29, 0.717) is 12.5 Å². The van der Waals surface area contributed by atoms with Crippen LogP contribution in [0.1, 0.15) is 48.2 Å². The number of carboxylic acid groups (broad SMARTS) is 1. The second-order valence-corrected chi connectivity index (χ2v) is 8.62. The second-order valence-electron chi connectivity index (χ2n) is 5.82. The molecule has 1 aliphatic heterocycles. The van der Waals surface area contributed by atoms with Gasteiger partial charge in [0.2, 0.25) is 10.0 Å². The molecule has 1 N–H and O–H groups in total. The first-order chi connectivity index (χ1) is 10.00. The molecule has 7 heteroatoms. The molecule has 2 aliphatic rings. The highest BCUT2D eigenvalue weighted by Crippen LogP contribution is 2.38. The Balaban J connectivity index is 1.87. The van der Waals surface area contributed by atoms with Crippen LogP contribution in [0.25, 0.3) is 0 Å². The predicted octanol–water partition coefficient (Wildman–Crippen LogP) is 2.79. The Hall–Kier alpha value is -0.920. The van der Waals surface area contributed by atoms with E-state index in [9.17, 15) is 13.2 Å². The van der Waals surface area contributed by atoms with E-state index < -0.39 is 16.0 Å². The summed E-state index contributed by atoms with van der Waals surface area (Å²) in [5, 5.41) is 10.4. The Morgan fingerprint density at radius 1 is 1.24 bits per heavy atom. The van der Waals surface area contributed by atoms with Gasteiger partial charge >= 0.3 is 5.97 Å². The number of carboxylic acids is 1. The van der Waals surface area contributed by atoms with Gasteiger partial charge in [-0.2, -0.15) is 4.31 Å². The lowest BCUT2D eigenvalue weighted by Crippen LogP contribution is -2.39. The van der Waals surface area contributed by atoms with Crippen LogP contribution in [0.15, 0.2) is 16.3 Å². The van der Waals surface area contributed by atoms with Crippen LogP contribution in [0.3, 0.4) is 0 Å². The molecular formula is C14H19NO4S2. The molecule has 1 saturated carbocycles. The molecule has 0 aromatic carbocycles. The van der Waals surface area contributed by atoms with E-state index >= 15 is 0 Å². The number of hydrogen-bond donors (Lipinski definition) is 1. The minimum Gasteiger partial charge on any atom is -0.477 e. The number of hydrogen-bond acceptors (Lipinski definition) is 4. The van der Waals surface area contributed by atoms with Crippen LogP contribution < -0.4 is 0 Å². The molecule has 0 spiro atoms. The van der Waals surface area contributed by atoms with Gasteiger partial charge in [0.15, 0.2) is 0 Å². The maximum atomic E-state index is 12.8. The van der Waals surface area contributed by atoms with Gasteiger partial charge in [0.1, 0.15) is 4.88 Å². The Bertz CT molecular complexity index is 631. The van der Waals surface area contributed by atoms with Crippen molar-refractivity contribution in [1.82, 2.24) is 4.31 Å². The Labute approximate surface area is 128 Å². The van der Waals surface area contributed by atoms with E-state index in [1.165, 1.54) is 24.3 Å². The first-order valence-electron chi connectivity index (χ1n) is 7.34. The largest absolute Gasteiger partial charge is 0.477 e. The van der Waals surface area contributed by atoms with Gasteiger partial charge in [-0.25, -0.2) is 13.2 Å². The van der Waals surface area contributed by atoms with Crippen LogP contribution in [-0.4, -0.2) is 36.4 Å². The molecule has 3 rings (SSSR count). The molecule has 1 atom stereocenters. The van der Waals surface area contributed by atoms with Crippen molar-refractivity contribution < 1.29 is 18.3 Å². The van der Waals surface area contributed by atoms with Crippen molar-refractivity contribution >= 4 is 27.3 Å². The van der Waals surface area contributed by atoms with Gasteiger partial charge < -0.3 is 5.11 Å². The molecule has 116 valence electrons. The van der Waals surface area contributed by atoms with Crippen LogP contribution in [-0.2, 0) is 10.0 Å². The lowest BCUT2D eigenvalue weighted by Gasteiger charge is -2.28. The van der Waals surface area contributed by atoms with Crippen LogP contribution in [0, 0.1) is 5.92 Å². The number of thiophene rings is 1. The molecule has 1 unspecified atom stereocenters. The summed E-state index contributed by atoms with van der Waals surface area (Å²) in [6.45, 7) is 0.557. The zero-order valence-corrected chi connectivity index (χ0v) is 13.3. The molecule has 1 saturated heterocycles. The van der Waals surface area contributed by atoms with Crippen molar-refractivity contribution in [2.75, 3.05) is 6.54 Å². The standard InChI is InChI=1S/C14H19NO4S2/c16-14(17)13-8-11(9-20-13)21(18,19)15-7-3-6-12(15)10-4-1-2-5-10/h8-10,12H,1-7H2,(H,16,17). The third-order valence-corrected chi connectivity index (χ3v) is 7.55. The van der Waals surface area contributed by atoms with E-state index in [2.05, 4.69) is 0 Å². The molecular weight excluding hydrogens is 310 g/mol. The van der Waals surface area contributed by atoms with Gasteiger partial charge in [0.05, 0.1) is 4.90 Å². The maximum Gasteiger partial charge on any atom is 0.345 e. The fourth-order valence-electron chi connectivity index (χ4n) is 3.58. The highest BCUT2D eigenvalue weighted by Gasteiger charge is 2.40. The summed E-state index contributed by atoms with van der Waals surface area (Å²) in [4.78, 5) is 11.1. The number of nitrogens with zero attached hydrogens (tertiary/aromatic N) is 1. The molecule has 2 fully saturated rings. The topological polar surface area (TPSA) is 74.7 Å². The lowest BCUT2D eigenvalue weighted by molar-refractivity contribution is 0.0702. The lowest BCUT2D eigenvalue weighted by atomic mass is 9.97. The Morgan fingerprint density at radius 3 is 2.57 bits per heavy atom. The van der Waals surface area contributed by atoms with Crippen LogP contribution >= 0.6 is 11.3 Å². The number of carbonyl (C=O) groups is 1. The summed E-state index contributed by atoms with van der Waals surface area (Å²) in [6, 6.07) is 1.39. The molecule has 2 heterocycles. The van der Waals surface area contributed by atoms with Crippen molar-refractivity contribution in [3.8, 4) is 0 Å². The van der Waals surface area contributed by atoms with E-state index in [-0.39, 0.29) is 15.8 Å². The first kappa shape index (κ1) is 15.0. The van der Waals surface area contributed by atoms with Gasteiger partial charge in [0, 0.05) is 18.0 Å². The van der Waals surface area contributed by atoms with E-state index in [0.717, 1.165) is 37.0 Å². The smallest absolute Gasteiger partial charge is 0.345 e. The summed E-state index contributed by atoms with van der Waals surface area (Å²) in [5.74, 6) is -0.602. The maximum absolute atomic E-state index is 12.8. The summed E-state index contributed by atoms with van der Waals surface area (Å²) in [6.07, 6.45) is 6.44. The Kier molecular flexibility index (Phi) is 4.07. The summed E-state index contributed by atoms with van der Waals surface area (Å²) < 4.78 is 27.2. The minimum absolute atomic E-state index is 0.0742. The molecule has 0 bridgehead atoms. The van der Waals surface area contributed by atoms with Crippen molar-refractivity contribution in [1.29, 1.82) is 0 Å². The molecule has 1 aromatic heterocycles. The second kappa shape index (κ2) is 5.70. The minimum atomic E-state index is -3.56. The SMILES string of the molecule is O=C(O)c1cc(S(=O)(=O)N2CCCC2C2CCCC2)cs1. The molecule has 1 aliphatic carbocycles. The van der Waals surface area contributed by atoms with Crippen molar-refractivity contribution in [3.05, 3.63) is 16.3 Å². The van der Waals surface area contributed by atoms with Gasteiger partial charge in [0.25, 0.3) is 0 Å². The summed E-state index contributed by atoms with van der Waals surface area (Å²) in [5.41, 5.74) is 0. The average molecular weight is 329 g/mol. The molecule has 1 aromatic rings. The highest BCUT2D eigenvalue weighted by molar-refractivity contribution is 7.89. The third-order valence-electron chi connectivity index (χ3n) is 4.59. The molecule has 0 amide bonds. The van der Waals surface area contributed by atoms with E-state index in [1.54, 1.807) is 4.31 Å². The van der Waals surface area contributed by atoms with Crippen LogP contribution in [0.2, 0.25) is 0 Å². The zero-order chi connectivity index (χ0) is 15.0. The van der Waals surface area contributed by atoms with Gasteiger partial charge in [-0.1, -0.05) is 12.8 Å². The molecule has 0 radical (unpaired) electrons. The van der Waals surface area contributed by atoms with Gasteiger partial charge in [-0.3, -0.25) is 0 Å². The molecule has 21 heavy (non-hydrogen) atoms. The third kappa shape index (κ3) is 2.74. The highest BCUT2D eigenvalue weighted by atomic mass is 32.2. The summed E-state index contributed by atoms with van der Waals surface area (Å²) in [7, 11) is -3.56. The monoisotopic (exact) mass is 329 g/mol. The fourth-order valence-corrected chi connectivity index (χ4v) is 6.43.